The van der Waals surface area contributed by atoms with Gasteiger partial charge < -0.3 is 5.73 Å². The molecule has 0 aromatic heterocycles. The van der Waals surface area contributed by atoms with Crippen LogP contribution in [0.15, 0.2) is 24.3 Å². The summed E-state index contributed by atoms with van der Waals surface area (Å²) in [4.78, 5) is 0. The third kappa shape index (κ3) is 22.6. The van der Waals surface area contributed by atoms with E-state index in [2.05, 4.69) is 45.0 Å². The van der Waals surface area contributed by atoms with E-state index in [1.54, 1.807) is 11.1 Å². The summed E-state index contributed by atoms with van der Waals surface area (Å²) in [6.07, 6.45) is 46.3. The molecule has 0 heterocycles. The molecule has 0 aliphatic carbocycles. The first-order valence-corrected chi connectivity index (χ1v) is 20.6. The van der Waals surface area contributed by atoms with Crippen LogP contribution in [0.25, 0.3) is 0 Å². The topological polar surface area (TPSA) is 27.6 Å². The number of quaternary nitrogens is 1. The van der Waals surface area contributed by atoms with Crippen LogP contribution in [0.4, 0.5) is 0 Å². The molecule has 0 saturated heterocycles. The Morgan fingerprint density at radius 3 is 1.05 bits per heavy atom. The van der Waals surface area contributed by atoms with Crippen LogP contribution in [0.1, 0.15) is 237 Å². The SMILES string of the molecule is CCCCCCCCCCCCc1ccccc1C([NH3+])(CCCCCCCCCCCC)CCCCCCCCCCCC. The fourth-order valence-corrected chi connectivity index (χ4v) is 7.35. The molecule has 3 N–H and O–H groups in total. The Morgan fingerprint density at radius 1 is 0.386 bits per heavy atom. The van der Waals surface area contributed by atoms with E-state index in [1.165, 1.54) is 212 Å². The molecule has 1 heteroatoms. The van der Waals surface area contributed by atoms with Gasteiger partial charge in [0.05, 0.1) is 0 Å². The van der Waals surface area contributed by atoms with Gasteiger partial charge in [-0.2, -0.15) is 0 Å². The van der Waals surface area contributed by atoms with E-state index in [-0.39, 0.29) is 5.54 Å². The van der Waals surface area contributed by atoms with Gasteiger partial charge in [0.1, 0.15) is 5.54 Å². The Hall–Kier alpha value is -0.820. The first-order valence-electron chi connectivity index (χ1n) is 20.6. The van der Waals surface area contributed by atoms with Crippen molar-refractivity contribution >= 4 is 0 Å². The number of hydrogen-bond donors (Lipinski definition) is 1. The van der Waals surface area contributed by atoms with Crippen LogP contribution in [0.2, 0.25) is 0 Å². The van der Waals surface area contributed by atoms with E-state index in [9.17, 15) is 0 Å². The molecule has 0 saturated carbocycles. The summed E-state index contributed by atoms with van der Waals surface area (Å²) in [5, 5.41) is 0. The van der Waals surface area contributed by atoms with E-state index < -0.39 is 0 Å². The van der Waals surface area contributed by atoms with Gasteiger partial charge in [-0.25, -0.2) is 0 Å². The minimum absolute atomic E-state index is 0.107. The van der Waals surface area contributed by atoms with Crippen molar-refractivity contribution in [1.82, 2.24) is 0 Å². The predicted molar refractivity (Wildman–Crippen MR) is 199 cm³/mol. The van der Waals surface area contributed by atoms with Gasteiger partial charge in [0.2, 0.25) is 0 Å². The molecular formula is C43H82N+. The van der Waals surface area contributed by atoms with Gasteiger partial charge in [-0.15, -0.1) is 0 Å². The maximum Gasteiger partial charge on any atom is 0.120 e. The number of benzene rings is 1. The molecule has 0 radical (unpaired) electrons. The monoisotopic (exact) mass is 613 g/mol. The van der Waals surface area contributed by atoms with Crippen LogP contribution in [-0.4, -0.2) is 0 Å². The highest BCUT2D eigenvalue weighted by molar-refractivity contribution is 5.32. The van der Waals surface area contributed by atoms with Gasteiger partial charge in [0, 0.05) is 18.4 Å². The molecule has 44 heavy (non-hydrogen) atoms. The van der Waals surface area contributed by atoms with Gasteiger partial charge in [-0.05, 0) is 31.2 Å². The third-order valence-corrected chi connectivity index (χ3v) is 10.4. The summed E-state index contributed by atoms with van der Waals surface area (Å²) in [6.45, 7) is 6.94. The molecule has 0 unspecified atom stereocenters. The first kappa shape index (κ1) is 41.2. The van der Waals surface area contributed by atoms with Crippen LogP contribution >= 0.6 is 0 Å². The molecule has 0 fully saturated rings. The van der Waals surface area contributed by atoms with E-state index in [4.69, 9.17) is 5.73 Å². The van der Waals surface area contributed by atoms with E-state index in [1.807, 2.05) is 0 Å². The minimum atomic E-state index is 0.107. The minimum Gasteiger partial charge on any atom is -0.349 e. The van der Waals surface area contributed by atoms with Crippen LogP contribution in [0, 0.1) is 0 Å². The van der Waals surface area contributed by atoms with Crippen molar-refractivity contribution in [1.29, 1.82) is 0 Å². The van der Waals surface area contributed by atoms with Crippen molar-refractivity contribution in [3.63, 3.8) is 0 Å². The van der Waals surface area contributed by atoms with E-state index in [0.29, 0.717) is 0 Å². The lowest BCUT2D eigenvalue weighted by atomic mass is 9.78. The lowest BCUT2D eigenvalue weighted by Crippen LogP contribution is -2.70. The highest BCUT2D eigenvalue weighted by Gasteiger charge is 2.32. The second-order valence-corrected chi connectivity index (χ2v) is 14.7. The summed E-state index contributed by atoms with van der Waals surface area (Å²) in [5.74, 6) is 0. The zero-order chi connectivity index (χ0) is 31.8. The fourth-order valence-electron chi connectivity index (χ4n) is 7.35. The van der Waals surface area contributed by atoms with E-state index >= 15 is 0 Å². The predicted octanol–water partition coefficient (Wildman–Crippen LogP) is 14.2. The Bertz CT molecular complexity index is 685. The second kappa shape index (κ2) is 30.8. The van der Waals surface area contributed by atoms with Gasteiger partial charge in [-0.3, -0.25) is 0 Å². The van der Waals surface area contributed by atoms with Crippen molar-refractivity contribution in [3.05, 3.63) is 35.4 Å². The molecule has 1 aromatic carbocycles. The smallest absolute Gasteiger partial charge is 0.120 e. The molecule has 0 aliphatic heterocycles. The van der Waals surface area contributed by atoms with Crippen LogP contribution in [0.3, 0.4) is 0 Å². The van der Waals surface area contributed by atoms with Gasteiger partial charge in [-0.1, -0.05) is 218 Å². The molecule has 1 aromatic rings. The highest BCUT2D eigenvalue weighted by atomic mass is 14.7. The maximum absolute atomic E-state index is 5.05. The number of unbranched alkanes of at least 4 members (excludes halogenated alkanes) is 27. The summed E-state index contributed by atoms with van der Waals surface area (Å²) >= 11 is 0. The van der Waals surface area contributed by atoms with E-state index in [0.717, 1.165) is 0 Å². The lowest BCUT2D eigenvalue weighted by molar-refractivity contribution is -0.492. The second-order valence-electron chi connectivity index (χ2n) is 14.7. The normalized spacial score (nSPS) is 11.9. The summed E-state index contributed by atoms with van der Waals surface area (Å²) in [7, 11) is 0. The quantitative estimate of drug-likeness (QED) is 0.0750. The average Bonchev–Trinajstić information content (AvgIpc) is 3.04. The molecule has 1 rings (SSSR count). The molecule has 258 valence electrons. The van der Waals surface area contributed by atoms with Crippen molar-refractivity contribution in [2.45, 2.75) is 238 Å². The van der Waals surface area contributed by atoms with Crippen molar-refractivity contribution in [2.24, 2.45) is 0 Å². The molecule has 1 nitrogen and oxygen atoms in total. The van der Waals surface area contributed by atoms with Crippen LogP contribution in [-0.2, 0) is 12.0 Å². The van der Waals surface area contributed by atoms with Crippen molar-refractivity contribution in [2.75, 3.05) is 0 Å². The number of aryl methyl sites for hydroxylation is 1. The molecular weight excluding hydrogens is 530 g/mol. The van der Waals surface area contributed by atoms with Crippen molar-refractivity contribution in [3.8, 4) is 0 Å². The number of hydrogen-bond acceptors (Lipinski definition) is 0. The number of rotatable bonds is 34. The molecule has 0 amide bonds. The van der Waals surface area contributed by atoms with Crippen molar-refractivity contribution < 1.29 is 5.73 Å². The zero-order valence-electron chi connectivity index (χ0n) is 30.9. The third-order valence-electron chi connectivity index (χ3n) is 10.4. The molecule has 0 atom stereocenters. The zero-order valence-corrected chi connectivity index (χ0v) is 30.9. The Morgan fingerprint density at radius 2 is 0.682 bits per heavy atom. The Labute approximate surface area is 278 Å². The standard InChI is InChI=1S/C43H81N/c1-4-7-10-13-16-19-22-25-28-31-36-41-37-32-33-38-42(41)43(44,39-34-29-26-23-20-17-14-11-8-5-2)40-35-30-27-24-21-18-15-12-9-6-3/h32-33,37-38H,4-31,34-36,39-40,44H2,1-3H3/p+1. The molecule has 0 spiro atoms. The first-order chi connectivity index (χ1) is 21.7. The maximum atomic E-state index is 5.05. The fraction of sp³-hybridized carbons (Fsp3) is 0.860. The lowest BCUT2D eigenvalue weighted by Gasteiger charge is -2.29. The Balaban J connectivity index is 2.53. The Kier molecular flexibility index (Phi) is 28.9. The summed E-state index contributed by atoms with van der Waals surface area (Å²) in [6, 6.07) is 9.50. The molecule has 0 bridgehead atoms. The summed E-state index contributed by atoms with van der Waals surface area (Å²) in [5.41, 5.74) is 8.37. The van der Waals surface area contributed by atoms with Crippen LogP contribution in [0.5, 0.6) is 0 Å². The van der Waals surface area contributed by atoms with Gasteiger partial charge >= 0.3 is 0 Å². The molecule has 0 aliphatic rings. The average molecular weight is 613 g/mol. The van der Waals surface area contributed by atoms with Gasteiger partial charge in [0.15, 0.2) is 0 Å². The van der Waals surface area contributed by atoms with Crippen LogP contribution < -0.4 is 5.73 Å². The van der Waals surface area contributed by atoms with Gasteiger partial charge in [0.25, 0.3) is 0 Å². The highest BCUT2D eigenvalue weighted by Crippen LogP contribution is 2.32. The summed E-state index contributed by atoms with van der Waals surface area (Å²) < 4.78 is 0. The largest absolute Gasteiger partial charge is 0.349 e.